The molecule has 0 saturated carbocycles. The molecule has 0 bridgehead atoms. The SMILES string of the molecule is CCOc1ccc(S(=O)(=O)Nc2ccc(C(=O)OCc3cc(=O)n4ccsc4n3)cc2)cc1. The number of hydrogen-bond acceptors (Lipinski definition) is 8. The number of carbonyl (C=O) groups excluding carboxylic acids is 1. The van der Waals surface area contributed by atoms with Gasteiger partial charge < -0.3 is 9.47 Å². The molecule has 0 aliphatic heterocycles. The maximum absolute atomic E-state index is 12.6. The molecule has 4 rings (SSSR count). The van der Waals surface area contributed by atoms with Crippen LogP contribution in [0, 0.1) is 0 Å². The highest BCUT2D eigenvalue weighted by molar-refractivity contribution is 7.92. The Labute approximate surface area is 193 Å². The van der Waals surface area contributed by atoms with Crippen LogP contribution in [0.2, 0.25) is 0 Å². The topological polar surface area (TPSA) is 116 Å². The van der Waals surface area contributed by atoms with Crippen LogP contribution in [0.15, 0.2) is 75.9 Å². The summed E-state index contributed by atoms with van der Waals surface area (Å²) in [5.74, 6) is -0.0425. The Hall–Kier alpha value is -3.70. The number of anilines is 1. The molecule has 0 spiro atoms. The van der Waals surface area contributed by atoms with E-state index in [1.54, 1.807) is 23.7 Å². The van der Waals surface area contributed by atoms with Crippen LogP contribution >= 0.6 is 11.3 Å². The predicted molar refractivity (Wildman–Crippen MR) is 123 cm³/mol. The van der Waals surface area contributed by atoms with Gasteiger partial charge in [-0.3, -0.25) is 13.9 Å². The summed E-state index contributed by atoms with van der Waals surface area (Å²) in [4.78, 5) is 29.2. The average Bonchev–Trinajstić information content (AvgIpc) is 3.28. The summed E-state index contributed by atoms with van der Waals surface area (Å²) < 4.78 is 39.6. The summed E-state index contributed by atoms with van der Waals surface area (Å²) in [7, 11) is -3.80. The first-order chi connectivity index (χ1) is 15.9. The van der Waals surface area contributed by atoms with E-state index in [1.165, 1.54) is 58.2 Å². The Bertz CT molecular complexity index is 1440. The number of rotatable bonds is 8. The van der Waals surface area contributed by atoms with Crippen molar-refractivity contribution in [3.63, 3.8) is 0 Å². The van der Waals surface area contributed by atoms with Gasteiger partial charge in [-0.15, -0.1) is 11.3 Å². The zero-order chi connectivity index (χ0) is 23.4. The van der Waals surface area contributed by atoms with Crippen molar-refractivity contribution in [2.45, 2.75) is 18.4 Å². The second-order valence-electron chi connectivity index (χ2n) is 6.80. The molecule has 2 aromatic heterocycles. The lowest BCUT2D eigenvalue weighted by Crippen LogP contribution is -2.15. The van der Waals surface area contributed by atoms with Crippen LogP contribution in [0.5, 0.6) is 5.75 Å². The number of ether oxygens (including phenoxy) is 2. The molecular weight excluding hydrogens is 466 g/mol. The third-order valence-electron chi connectivity index (χ3n) is 4.53. The lowest BCUT2D eigenvalue weighted by atomic mass is 10.2. The Balaban J connectivity index is 1.39. The van der Waals surface area contributed by atoms with Crippen molar-refractivity contribution in [3.05, 3.63) is 87.8 Å². The number of sulfonamides is 1. The summed E-state index contributed by atoms with van der Waals surface area (Å²) in [6.45, 7) is 2.17. The van der Waals surface area contributed by atoms with Crippen LogP contribution in [0.1, 0.15) is 23.0 Å². The number of esters is 1. The Morgan fingerprint density at radius 2 is 1.85 bits per heavy atom. The van der Waals surface area contributed by atoms with E-state index in [0.717, 1.165) is 0 Å². The molecule has 2 aromatic carbocycles. The highest BCUT2D eigenvalue weighted by atomic mass is 32.2. The van der Waals surface area contributed by atoms with Crippen molar-refractivity contribution in [1.82, 2.24) is 9.38 Å². The van der Waals surface area contributed by atoms with E-state index >= 15 is 0 Å². The zero-order valence-corrected chi connectivity index (χ0v) is 19.1. The van der Waals surface area contributed by atoms with Crippen LogP contribution in [0.4, 0.5) is 5.69 Å². The van der Waals surface area contributed by atoms with Crippen LogP contribution in [-0.4, -0.2) is 30.4 Å². The third-order valence-corrected chi connectivity index (χ3v) is 6.68. The maximum Gasteiger partial charge on any atom is 0.338 e. The zero-order valence-electron chi connectivity index (χ0n) is 17.4. The average molecular weight is 486 g/mol. The van der Waals surface area contributed by atoms with Gasteiger partial charge in [-0.25, -0.2) is 18.2 Å². The number of aromatic nitrogens is 2. The number of carbonyl (C=O) groups is 1. The molecule has 9 nitrogen and oxygen atoms in total. The fourth-order valence-electron chi connectivity index (χ4n) is 2.95. The van der Waals surface area contributed by atoms with E-state index in [4.69, 9.17) is 9.47 Å². The highest BCUT2D eigenvalue weighted by Gasteiger charge is 2.15. The molecule has 0 saturated heterocycles. The van der Waals surface area contributed by atoms with E-state index < -0.39 is 16.0 Å². The minimum atomic E-state index is -3.80. The fourth-order valence-corrected chi connectivity index (χ4v) is 4.75. The van der Waals surface area contributed by atoms with Gasteiger partial charge in [0, 0.05) is 23.3 Å². The molecule has 0 amide bonds. The van der Waals surface area contributed by atoms with Gasteiger partial charge in [0.15, 0.2) is 4.96 Å². The minimum Gasteiger partial charge on any atom is -0.494 e. The number of hydrogen-bond donors (Lipinski definition) is 1. The molecular formula is C22H19N3O6S2. The van der Waals surface area contributed by atoms with Crippen molar-refractivity contribution < 1.29 is 22.7 Å². The molecule has 4 aromatic rings. The summed E-state index contributed by atoms with van der Waals surface area (Å²) in [6, 6.07) is 13.2. The predicted octanol–water partition coefficient (Wildman–Crippen LogP) is 3.31. The second kappa shape index (κ2) is 9.43. The number of nitrogens with zero attached hydrogens (tertiary/aromatic N) is 2. The van der Waals surface area contributed by atoms with Crippen LogP contribution < -0.4 is 15.0 Å². The quantitative estimate of drug-likeness (QED) is 0.381. The molecule has 0 atom stereocenters. The largest absolute Gasteiger partial charge is 0.494 e. The Morgan fingerprint density at radius 1 is 1.12 bits per heavy atom. The lowest BCUT2D eigenvalue weighted by molar-refractivity contribution is 0.0468. The Kier molecular flexibility index (Phi) is 6.43. The standard InChI is InChI=1S/C22H19N3O6S2/c1-2-30-18-7-9-19(10-8-18)33(28,29)24-16-5-3-15(4-6-16)21(27)31-14-17-13-20(26)25-11-12-32-22(25)23-17/h3-13,24H,2,14H2,1H3. The monoisotopic (exact) mass is 485 g/mol. The highest BCUT2D eigenvalue weighted by Crippen LogP contribution is 2.20. The fraction of sp³-hybridized carbons (Fsp3) is 0.136. The lowest BCUT2D eigenvalue weighted by Gasteiger charge is -2.10. The van der Waals surface area contributed by atoms with Gasteiger partial charge >= 0.3 is 5.97 Å². The van der Waals surface area contributed by atoms with E-state index in [1.807, 2.05) is 6.92 Å². The first-order valence-corrected chi connectivity index (χ1v) is 12.2. The van der Waals surface area contributed by atoms with E-state index in [9.17, 15) is 18.0 Å². The number of benzene rings is 2. The molecule has 0 fully saturated rings. The second-order valence-corrected chi connectivity index (χ2v) is 9.36. The van der Waals surface area contributed by atoms with Crippen molar-refractivity contribution in [3.8, 4) is 5.75 Å². The summed E-state index contributed by atoms with van der Waals surface area (Å²) in [5.41, 5.74) is 0.609. The Morgan fingerprint density at radius 3 is 2.55 bits per heavy atom. The molecule has 2 heterocycles. The van der Waals surface area contributed by atoms with Gasteiger partial charge in [-0.2, -0.15) is 0 Å². The van der Waals surface area contributed by atoms with Gasteiger partial charge in [0.1, 0.15) is 12.4 Å². The molecule has 1 N–H and O–H groups in total. The number of thiazole rings is 1. The number of nitrogens with one attached hydrogen (secondary N) is 1. The summed E-state index contributed by atoms with van der Waals surface area (Å²) in [6.07, 6.45) is 1.62. The summed E-state index contributed by atoms with van der Waals surface area (Å²) >= 11 is 1.30. The van der Waals surface area contributed by atoms with Gasteiger partial charge in [-0.1, -0.05) is 0 Å². The van der Waals surface area contributed by atoms with E-state index in [0.29, 0.717) is 28.7 Å². The first-order valence-electron chi connectivity index (χ1n) is 9.84. The van der Waals surface area contributed by atoms with Crippen molar-refractivity contribution in [2.24, 2.45) is 0 Å². The molecule has 0 radical (unpaired) electrons. The van der Waals surface area contributed by atoms with Gasteiger partial charge in [0.2, 0.25) is 0 Å². The minimum absolute atomic E-state index is 0.0838. The summed E-state index contributed by atoms with van der Waals surface area (Å²) in [5, 5.41) is 1.74. The molecule has 33 heavy (non-hydrogen) atoms. The number of fused-ring (bicyclic) bond motifs is 1. The molecule has 0 unspecified atom stereocenters. The maximum atomic E-state index is 12.6. The van der Waals surface area contributed by atoms with E-state index in [2.05, 4.69) is 9.71 Å². The molecule has 0 aliphatic rings. The first kappa shape index (κ1) is 22.5. The van der Waals surface area contributed by atoms with Crippen LogP contribution in [-0.2, 0) is 21.4 Å². The molecule has 170 valence electrons. The van der Waals surface area contributed by atoms with Gasteiger partial charge in [0.25, 0.3) is 15.6 Å². The van der Waals surface area contributed by atoms with Crippen molar-refractivity contribution >= 4 is 38.0 Å². The van der Waals surface area contributed by atoms with Crippen LogP contribution in [0.3, 0.4) is 0 Å². The van der Waals surface area contributed by atoms with Crippen molar-refractivity contribution in [2.75, 3.05) is 11.3 Å². The normalized spacial score (nSPS) is 11.3. The van der Waals surface area contributed by atoms with Crippen LogP contribution in [0.25, 0.3) is 4.96 Å². The molecule has 11 heteroatoms. The smallest absolute Gasteiger partial charge is 0.338 e. The third kappa shape index (κ3) is 5.21. The van der Waals surface area contributed by atoms with E-state index in [-0.39, 0.29) is 22.6 Å². The van der Waals surface area contributed by atoms with Crippen molar-refractivity contribution in [1.29, 1.82) is 0 Å². The van der Waals surface area contributed by atoms with Gasteiger partial charge in [-0.05, 0) is 55.5 Å². The molecule has 0 aliphatic carbocycles. The van der Waals surface area contributed by atoms with Gasteiger partial charge in [0.05, 0.1) is 22.8 Å².